The van der Waals surface area contributed by atoms with Crippen LogP contribution in [0.5, 0.6) is 0 Å². The van der Waals surface area contributed by atoms with Crippen molar-refractivity contribution in [2.75, 3.05) is 31.5 Å². The molecule has 0 radical (unpaired) electrons. The predicted octanol–water partition coefficient (Wildman–Crippen LogP) is 0.962. The number of hydrogen-bond donors (Lipinski definition) is 3. The van der Waals surface area contributed by atoms with Crippen molar-refractivity contribution in [2.45, 2.75) is 26.2 Å². The van der Waals surface area contributed by atoms with Crippen LogP contribution in [0.15, 0.2) is 24.3 Å². The van der Waals surface area contributed by atoms with Gasteiger partial charge in [0.1, 0.15) is 0 Å². The molecule has 0 saturated carbocycles. The van der Waals surface area contributed by atoms with Crippen LogP contribution in [0.2, 0.25) is 0 Å². The van der Waals surface area contributed by atoms with Gasteiger partial charge in [0, 0.05) is 43.9 Å². The summed E-state index contributed by atoms with van der Waals surface area (Å²) < 4.78 is 0. The van der Waals surface area contributed by atoms with Crippen LogP contribution in [-0.2, 0) is 9.59 Å². The first-order chi connectivity index (χ1) is 12.0. The maximum Gasteiger partial charge on any atom is 0.253 e. The third-order valence-corrected chi connectivity index (χ3v) is 4.24. The van der Waals surface area contributed by atoms with Crippen molar-refractivity contribution in [3.05, 3.63) is 29.8 Å². The molecule has 0 bridgehead atoms. The zero-order valence-corrected chi connectivity index (χ0v) is 14.6. The van der Waals surface area contributed by atoms with E-state index in [0.717, 1.165) is 12.8 Å². The SMILES string of the molecule is CCC(=O)Nc1cccc(C(=O)N2CCCC(C(=O)NCCN)C2)c1. The van der Waals surface area contributed by atoms with Crippen LogP contribution in [-0.4, -0.2) is 48.8 Å². The lowest BCUT2D eigenvalue weighted by molar-refractivity contribution is -0.126. The molecule has 0 spiro atoms. The van der Waals surface area contributed by atoms with Gasteiger partial charge >= 0.3 is 0 Å². The van der Waals surface area contributed by atoms with E-state index in [0.29, 0.717) is 43.9 Å². The van der Waals surface area contributed by atoms with Crippen molar-refractivity contribution >= 4 is 23.4 Å². The van der Waals surface area contributed by atoms with E-state index in [4.69, 9.17) is 5.73 Å². The summed E-state index contributed by atoms with van der Waals surface area (Å²) in [6.45, 7) is 3.65. The summed E-state index contributed by atoms with van der Waals surface area (Å²) in [4.78, 5) is 38.1. The molecule has 4 N–H and O–H groups in total. The number of nitrogens with two attached hydrogens (primary N) is 1. The highest BCUT2D eigenvalue weighted by Gasteiger charge is 2.28. The molecule has 3 amide bonds. The Morgan fingerprint density at radius 1 is 1.32 bits per heavy atom. The summed E-state index contributed by atoms with van der Waals surface area (Å²) in [5.41, 5.74) is 6.52. The van der Waals surface area contributed by atoms with Gasteiger partial charge in [-0.05, 0) is 31.0 Å². The molecule has 1 aliphatic rings. The third kappa shape index (κ3) is 5.29. The van der Waals surface area contributed by atoms with Crippen molar-refractivity contribution in [2.24, 2.45) is 11.7 Å². The number of nitrogens with zero attached hydrogens (tertiary/aromatic N) is 1. The highest BCUT2D eigenvalue weighted by molar-refractivity contribution is 5.97. The molecule has 0 aliphatic carbocycles. The molecule has 1 unspecified atom stereocenters. The van der Waals surface area contributed by atoms with Crippen molar-refractivity contribution in [1.82, 2.24) is 10.2 Å². The average Bonchev–Trinajstić information content (AvgIpc) is 2.65. The first kappa shape index (κ1) is 18.9. The van der Waals surface area contributed by atoms with Crippen molar-refractivity contribution in [1.29, 1.82) is 0 Å². The lowest BCUT2D eigenvalue weighted by Crippen LogP contribution is -2.46. The molecule has 2 rings (SSSR count). The van der Waals surface area contributed by atoms with Crippen molar-refractivity contribution in [3.8, 4) is 0 Å². The Morgan fingerprint density at radius 2 is 2.12 bits per heavy atom. The van der Waals surface area contributed by atoms with Crippen LogP contribution in [0.25, 0.3) is 0 Å². The molecule has 1 heterocycles. The second-order valence-corrected chi connectivity index (χ2v) is 6.15. The average molecular weight is 346 g/mol. The number of hydrogen-bond acceptors (Lipinski definition) is 4. The van der Waals surface area contributed by atoms with E-state index in [1.54, 1.807) is 36.1 Å². The number of carbonyl (C=O) groups excluding carboxylic acids is 3. The van der Waals surface area contributed by atoms with Crippen LogP contribution >= 0.6 is 0 Å². The number of rotatable bonds is 6. The topological polar surface area (TPSA) is 105 Å². The molecule has 1 saturated heterocycles. The number of likely N-dealkylation sites (tertiary alicyclic amines) is 1. The number of carbonyl (C=O) groups is 3. The standard InChI is InChI=1S/C18H26N4O3/c1-2-16(23)21-15-7-3-5-13(11-15)18(25)22-10-4-6-14(12-22)17(24)20-9-8-19/h3,5,7,11,14H,2,4,6,8-10,12,19H2,1H3,(H,20,24)(H,21,23). The van der Waals surface area contributed by atoms with Crippen LogP contribution in [0.1, 0.15) is 36.5 Å². The Labute approximate surface area is 147 Å². The Bertz CT molecular complexity index is 633. The van der Waals surface area contributed by atoms with Crippen LogP contribution in [0, 0.1) is 5.92 Å². The minimum absolute atomic E-state index is 0.0492. The number of nitrogens with one attached hydrogen (secondary N) is 2. The Balaban J connectivity index is 2.03. The summed E-state index contributed by atoms with van der Waals surface area (Å²) in [7, 11) is 0. The van der Waals surface area contributed by atoms with Gasteiger partial charge in [0.05, 0.1) is 5.92 Å². The first-order valence-corrected chi connectivity index (χ1v) is 8.72. The summed E-state index contributed by atoms with van der Waals surface area (Å²) in [5, 5.41) is 5.54. The molecule has 7 heteroatoms. The number of benzene rings is 1. The fourth-order valence-corrected chi connectivity index (χ4v) is 2.88. The molecule has 0 aromatic heterocycles. The van der Waals surface area contributed by atoms with Gasteiger partial charge in [-0.25, -0.2) is 0 Å². The highest BCUT2D eigenvalue weighted by Crippen LogP contribution is 2.20. The minimum atomic E-state index is -0.202. The molecule has 1 atom stereocenters. The zero-order chi connectivity index (χ0) is 18.2. The second-order valence-electron chi connectivity index (χ2n) is 6.15. The smallest absolute Gasteiger partial charge is 0.253 e. The minimum Gasteiger partial charge on any atom is -0.355 e. The van der Waals surface area contributed by atoms with Crippen molar-refractivity contribution < 1.29 is 14.4 Å². The molecule has 7 nitrogen and oxygen atoms in total. The molecule has 1 aromatic carbocycles. The lowest BCUT2D eigenvalue weighted by atomic mass is 9.96. The largest absolute Gasteiger partial charge is 0.355 e. The molecule has 136 valence electrons. The van der Waals surface area contributed by atoms with E-state index in [9.17, 15) is 14.4 Å². The van der Waals surface area contributed by atoms with Gasteiger partial charge in [-0.3, -0.25) is 14.4 Å². The maximum absolute atomic E-state index is 12.8. The summed E-state index contributed by atoms with van der Waals surface area (Å²) in [6, 6.07) is 6.90. The summed E-state index contributed by atoms with van der Waals surface area (Å²) >= 11 is 0. The molecule has 1 aliphatic heterocycles. The van der Waals surface area contributed by atoms with Gasteiger partial charge < -0.3 is 21.3 Å². The van der Waals surface area contributed by atoms with Gasteiger partial charge in [0.25, 0.3) is 5.91 Å². The molecule has 25 heavy (non-hydrogen) atoms. The Morgan fingerprint density at radius 3 is 2.84 bits per heavy atom. The van der Waals surface area contributed by atoms with Gasteiger partial charge in [-0.1, -0.05) is 13.0 Å². The molecule has 1 fully saturated rings. The van der Waals surface area contributed by atoms with Gasteiger partial charge in [-0.15, -0.1) is 0 Å². The number of piperidine rings is 1. The van der Waals surface area contributed by atoms with Crippen molar-refractivity contribution in [3.63, 3.8) is 0 Å². The van der Waals surface area contributed by atoms with E-state index in [1.165, 1.54) is 0 Å². The number of amides is 3. The van der Waals surface area contributed by atoms with Crippen LogP contribution in [0.3, 0.4) is 0 Å². The van der Waals surface area contributed by atoms with E-state index in [2.05, 4.69) is 10.6 Å². The summed E-state index contributed by atoms with van der Waals surface area (Å²) in [6.07, 6.45) is 1.94. The van der Waals surface area contributed by atoms with E-state index in [1.807, 2.05) is 0 Å². The fraction of sp³-hybridized carbons (Fsp3) is 0.500. The number of anilines is 1. The van der Waals surface area contributed by atoms with E-state index < -0.39 is 0 Å². The quantitative estimate of drug-likeness (QED) is 0.713. The third-order valence-electron chi connectivity index (χ3n) is 4.24. The Hall–Kier alpha value is -2.41. The Kier molecular flexibility index (Phi) is 6.94. The second kappa shape index (κ2) is 9.17. The zero-order valence-electron chi connectivity index (χ0n) is 14.6. The molecular weight excluding hydrogens is 320 g/mol. The van der Waals surface area contributed by atoms with E-state index >= 15 is 0 Å². The van der Waals surface area contributed by atoms with Crippen LogP contribution in [0.4, 0.5) is 5.69 Å². The highest BCUT2D eigenvalue weighted by atomic mass is 16.2. The maximum atomic E-state index is 12.8. The molecular formula is C18H26N4O3. The predicted molar refractivity (Wildman–Crippen MR) is 96.1 cm³/mol. The lowest BCUT2D eigenvalue weighted by Gasteiger charge is -2.32. The van der Waals surface area contributed by atoms with Gasteiger partial charge in [-0.2, -0.15) is 0 Å². The van der Waals surface area contributed by atoms with Crippen LogP contribution < -0.4 is 16.4 Å². The first-order valence-electron chi connectivity index (χ1n) is 8.72. The van der Waals surface area contributed by atoms with Gasteiger partial charge in [0.15, 0.2) is 0 Å². The fourth-order valence-electron chi connectivity index (χ4n) is 2.88. The van der Waals surface area contributed by atoms with Gasteiger partial charge in [0.2, 0.25) is 11.8 Å². The monoisotopic (exact) mass is 346 g/mol. The summed E-state index contributed by atoms with van der Waals surface area (Å²) in [5.74, 6) is -0.470. The normalized spacial score (nSPS) is 17.0. The van der Waals surface area contributed by atoms with E-state index in [-0.39, 0.29) is 23.6 Å². The molecule has 1 aromatic rings.